The number of rotatable bonds is 7. The number of hydrogen-bond donors (Lipinski definition) is 2. The highest BCUT2D eigenvalue weighted by Crippen LogP contribution is 2.47. The summed E-state index contributed by atoms with van der Waals surface area (Å²) < 4.78 is 17.7. The standard InChI is InChI=1S/C32H34N4O4/c1-36(2)32(37)20-6-7-25(28(16-20)38-3)29-17-27-31(40-29)24(8-11-34-27)21-14-22(18-33)30(26(15-21)19-4-5-19)35-23-9-12-39-13-10-23/h6-8,14-17,19,23,34-35H,4-5,9-13H2,1-3H3. The van der Waals surface area contributed by atoms with Gasteiger partial charge in [-0.2, -0.15) is 5.26 Å². The molecule has 8 heteroatoms. The second-order valence-corrected chi connectivity index (χ2v) is 10.9. The van der Waals surface area contributed by atoms with Crippen LogP contribution in [0.15, 0.2) is 46.9 Å². The van der Waals surface area contributed by atoms with Crippen LogP contribution in [0.2, 0.25) is 0 Å². The zero-order valence-corrected chi connectivity index (χ0v) is 23.2. The first-order valence-corrected chi connectivity index (χ1v) is 13.9. The van der Waals surface area contributed by atoms with Crippen molar-refractivity contribution in [1.29, 1.82) is 5.26 Å². The van der Waals surface area contributed by atoms with Crippen LogP contribution in [-0.2, 0) is 4.74 Å². The average Bonchev–Trinajstić information content (AvgIpc) is 3.74. The number of furan rings is 1. The molecular weight excluding hydrogens is 504 g/mol. The highest BCUT2D eigenvalue weighted by atomic mass is 16.5. The van der Waals surface area contributed by atoms with E-state index in [-0.39, 0.29) is 5.91 Å². The molecule has 3 aliphatic rings. The predicted molar refractivity (Wildman–Crippen MR) is 155 cm³/mol. The van der Waals surface area contributed by atoms with Gasteiger partial charge in [-0.15, -0.1) is 0 Å². The molecule has 2 aromatic carbocycles. The average molecular weight is 539 g/mol. The zero-order valence-electron chi connectivity index (χ0n) is 23.2. The van der Waals surface area contributed by atoms with Crippen molar-refractivity contribution in [1.82, 2.24) is 4.90 Å². The molecule has 2 fully saturated rings. The lowest BCUT2D eigenvalue weighted by atomic mass is 9.92. The van der Waals surface area contributed by atoms with Crippen molar-refractivity contribution < 1.29 is 18.7 Å². The fourth-order valence-corrected chi connectivity index (χ4v) is 5.58. The summed E-state index contributed by atoms with van der Waals surface area (Å²) in [5, 5.41) is 17.3. The van der Waals surface area contributed by atoms with E-state index in [0.717, 1.165) is 72.7 Å². The van der Waals surface area contributed by atoms with Crippen molar-refractivity contribution in [2.24, 2.45) is 0 Å². The minimum absolute atomic E-state index is 0.0926. The molecule has 0 bridgehead atoms. The number of nitriles is 1. The molecule has 206 valence electrons. The lowest BCUT2D eigenvalue weighted by Gasteiger charge is -2.26. The Morgan fingerprint density at radius 3 is 2.62 bits per heavy atom. The van der Waals surface area contributed by atoms with Crippen molar-refractivity contribution in [2.75, 3.05) is 51.6 Å². The van der Waals surface area contributed by atoms with E-state index in [2.05, 4.69) is 28.8 Å². The number of amides is 1. The third-order valence-corrected chi connectivity index (χ3v) is 7.88. The Labute approximate surface area is 234 Å². The molecule has 0 radical (unpaired) electrons. The van der Waals surface area contributed by atoms with E-state index in [1.807, 2.05) is 18.2 Å². The molecule has 0 unspecified atom stereocenters. The molecular formula is C32H34N4O4. The summed E-state index contributed by atoms with van der Waals surface area (Å²) in [5.41, 5.74) is 7.02. The summed E-state index contributed by atoms with van der Waals surface area (Å²) in [6, 6.07) is 14.4. The van der Waals surface area contributed by atoms with Gasteiger partial charge in [0.2, 0.25) is 0 Å². The number of carbonyl (C=O) groups excluding carboxylic acids is 1. The molecule has 2 aliphatic heterocycles. The molecule has 6 rings (SSSR count). The summed E-state index contributed by atoms with van der Waals surface area (Å²) in [5.74, 6) is 2.32. The van der Waals surface area contributed by atoms with E-state index in [0.29, 0.717) is 41.1 Å². The molecule has 3 aromatic rings. The zero-order chi connectivity index (χ0) is 27.8. The summed E-state index contributed by atoms with van der Waals surface area (Å²) in [6.45, 7) is 2.15. The molecule has 8 nitrogen and oxygen atoms in total. The largest absolute Gasteiger partial charge is 0.496 e. The topological polar surface area (TPSA) is 99.8 Å². The highest BCUT2D eigenvalue weighted by Gasteiger charge is 2.31. The Kier molecular flexibility index (Phi) is 6.99. The van der Waals surface area contributed by atoms with E-state index in [1.165, 1.54) is 10.5 Å². The number of fused-ring (bicyclic) bond motifs is 1. The van der Waals surface area contributed by atoms with Crippen LogP contribution in [0, 0.1) is 11.3 Å². The van der Waals surface area contributed by atoms with Crippen molar-refractivity contribution in [3.05, 3.63) is 70.5 Å². The van der Waals surface area contributed by atoms with Crippen LogP contribution >= 0.6 is 0 Å². The summed E-state index contributed by atoms with van der Waals surface area (Å²) in [7, 11) is 5.04. The molecule has 1 saturated carbocycles. The first-order chi connectivity index (χ1) is 19.5. The van der Waals surface area contributed by atoms with Crippen LogP contribution in [0.5, 0.6) is 5.75 Å². The smallest absolute Gasteiger partial charge is 0.253 e. The fraction of sp³-hybridized carbons (Fsp3) is 0.375. The van der Waals surface area contributed by atoms with Gasteiger partial charge in [0.05, 0.1) is 29.6 Å². The van der Waals surface area contributed by atoms with Crippen molar-refractivity contribution in [3.8, 4) is 23.1 Å². The molecule has 2 N–H and O–H groups in total. The van der Waals surface area contributed by atoms with Gasteiger partial charge in [-0.3, -0.25) is 4.79 Å². The predicted octanol–water partition coefficient (Wildman–Crippen LogP) is 5.85. The molecule has 40 heavy (non-hydrogen) atoms. The van der Waals surface area contributed by atoms with Crippen LogP contribution in [-0.4, -0.2) is 57.8 Å². The Morgan fingerprint density at radius 2 is 1.93 bits per heavy atom. The van der Waals surface area contributed by atoms with Crippen molar-refractivity contribution in [3.63, 3.8) is 0 Å². The van der Waals surface area contributed by atoms with Gasteiger partial charge in [0.15, 0.2) is 5.76 Å². The quantitative estimate of drug-likeness (QED) is 0.389. The highest BCUT2D eigenvalue weighted by molar-refractivity contribution is 5.95. The molecule has 0 atom stereocenters. The minimum Gasteiger partial charge on any atom is -0.496 e. The third-order valence-electron chi connectivity index (χ3n) is 7.88. The summed E-state index contributed by atoms with van der Waals surface area (Å²) in [4.78, 5) is 14.0. The molecule has 3 heterocycles. The van der Waals surface area contributed by atoms with E-state index in [4.69, 9.17) is 13.9 Å². The first-order valence-electron chi connectivity index (χ1n) is 13.9. The van der Waals surface area contributed by atoms with E-state index in [9.17, 15) is 10.1 Å². The van der Waals surface area contributed by atoms with E-state index in [1.54, 1.807) is 33.3 Å². The number of anilines is 2. The first kappa shape index (κ1) is 26.0. The normalized spacial score (nSPS) is 16.8. The van der Waals surface area contributed by atoms with Gasteiger partial charge in [0.1, 0.15) is 17.6 Å². The van der Waals surface area contributed by atoms with Crippen LogP contribution in [0.3, 0.4) is 0 Å². The number of ether oxygens (including phenoxy) is 2. The third kappa shape index (κ3) is 4.93. The van der Waals surface area contributed by atoms with Crippen LogP contribution in [0.1, 0.15) is 64.4 Å². The van der Waals surface area contributed by atoms with Crippen molar-refractivity contribution in [2.45, 2.75) is 37.6 Å². The molecule has 0 spiro atoms. The SMILES string of the molecule is COc1cc(C(=O)N(C)C)ccc1-c1cc2c(o1)C(c1cc(C#N)c(NC3CCOCC3)c(C3CC3)c1)=CCN2. The number of carbonyl (C=O) groups is 1. The molecule has 1 aromatic heterocycles. The molecule has 1 saturated heterocycles. The number of hydrogen-bond acceptors (Lipinski definition) is 7. The van der Waals surface area contributed by atoms with Crippen molar-refractivity contribution >= 4 is 22.9 Å². The number of nitrogens with zero attached hydrogens (tertiary/aromatic N) is 2. The van der Waals surface area contributed by atoms with Gasteiger partial charge in [-0.25, -0.2) is 0 Å². The lowest BCUT2D eigenvalue weighted by Crippen LogP contribution is -2.28. The Bertz CT molecular complexity index is 1520. The second kappa shape index (κ2) is 10.7. The Morgan fingerprint density at radius 1 is 1.12 bits per heavy atom. The van der Waals surface area contributed by atoms with Gasteiger partial charge in [0.25, 0.3) is 5.91 Å². The maximum absolute atomic E-state index is 12.5. The van der Waals surface area contributed by atoms with Crippen LogP contribution in [0.4, 0.5) is 11.4 Å². The minimum atomic E-state index is -0.0926. The second-order valence-electron chi connectivity index (χ2n) is 10.9. The summed E-state index contributed by atoms with van der Waals surface area (Å²) in [6.07, 6.45) is 6.28. The fourth-order valence-electron chi connectivity index (χ4n) is 5.58. The Balaban J connectivity index is 1.37. The van der Waals surface area contributed by atoms with E-state index < -0.39 is 0 Å². The maximum atomic E-state index is 12.5. The van der Waals surface area contributed by atoms with Gasteiger partial charge in [-0.1, -0.05) is 6.08 Å². The number of methoxy groups -OCH3 is 1. The number of nitrogens with one attached hydrogen (secondary N) is 2. The number of benzene rings is 2. The van der Waals surface area contributed by atoms with E-state index >= 15 is 0 Å². The Hall–Kier alpha value is -4.22. The van der Waals surface area contributed by atoms with Gasteiger partial charge in [-0.05, 0) is 73.1 Å². The van der Waals surface area contributed by atoms with Gasteiger partial charge < -0.3 is 29.4 Å². The maximum Gasteiger partial charge on any atom is 0.253 e. The van der Waals surface area contributed by atoms with Gasteiger partial charge in [0, 0.05) is 57.1 Å². The lowest BCUT2D eigenvalue weighted by molar-refractivity contribution is 0.0827. The van der Waals surface area contributed by atoms with Crippen LogP contribution < -0.4 is 15.4 Å². The monoisotopic (exact) mass is 538 g/mol. The molecule has 1 aliphatic carbocycles. The summed E-state index contributed by atoms with van der Waals surface area (Å²) >= 11 is 0. The van der Waals surface area contributed by atoms with Crippen LogP contribution in [0.25, 0.3) is 16.9 Å². The molecule has 1 amide bonds. The van der Waals surface area contributed by atoms with Gasteiger partial charge >= 0.3 is 0 Å².